The van der Waals surface area contributed by atoms with Crippen molar-refractivity contribution in [2.75, 3.05) is 27.3 Å². The van der Waals surface area contributed by atoms with E-state index in [-0.39, 0.29) is 17.7 Å². The van der Waals surface area contributed by atoms with Crippen LogP contribution in [0.4, 0.5) is 0 Å². The number of allylic oxidation sites excluding steroid dienone is 1. The number of nitrogens with zero attached hydrogens (tertiary/aromatic N) is 3. The molecule has 2 amide bonds. The lowest BCUT2D eigenvalue weighted by atomic mass is 9.97. The van der Waals surface area contributed by atoms with Gasteiger partial charge in [-0.05, 0) is 48.1 Å². The van der Waals surface area contributed by atoms with Gasteiger partial charge in [-0.2, -0.15) is 4.99 Å². The molecular weight excluding hydrogens is 468 g/mol. The van der Waals surface area contributed by atoms with E-state index < -0.39 is 5.25 Å². The summed E-state index contributed by atoms with van der Waals surface area (Å²) in [5.41, 5.74) is 2.44. The lowest BCUT2D eigenvalue weighted by Gasteiger charge is -2.33. The van der Waals surface area contributed by atoms with Crippen LogP contribution < -0.4 is 14.8 Å². The number of fused-ring (bicyclic) bond motifs is 1. The highest BCUT2D eigenvalue weighted by atomic mass is 32.2. The minimum absolute atomic E-state index is 0.0401. The number of nitrogens with one attached hydrogen (secondary N) is 1. The third-order valence-corrected chi connectivity index (χ3v) is 7.36. The van der Waals surface area contributed by atoms with E-state index in [9.17, 15) is 9.59 Å². The molecule has 0 aliphatic carbocycles. The molecule has 1 aromatic heterocycles. The fourth-order valence-corrected chi connectivity index (χ4v) is 5.46. The van der Waals surface area contributed by atoms with E-state index in [1.165, 1.54) is 11.8 Å². The predicted octanol–water partition coefficient (Wildman–Crippen LogP) is 3.12. The number of thioether (sulfide) groups is 1. The Morgan fingerprint density at radius 3 is 2.86 bits per heavy atom. The maximum Gasteiger partial charge on any atom is 0.268 e. The Hall–Kier alpha value is -3.53. The topological polar surface area (TPSA) is 106 Å². The first-order valence-electron chi connectivity index (χ1n) is 11.4. The Morgan fingerprint density at radius 2 is 2.09 bits per heavy atom. The number of aliphatic imine (C=N–C) groups is 2. The molecule has 4 heterocycles. The van der Waals surface area contributed by atoms with Crippen molar-refractivity contribution in [2.45, 2.75) is 24.6 Å². The molecule has 35 heavy (non-hydrogen) atoms. The maximum absolute atomic E-state index is 12.9. The van der Waals surface area contributed by atoms with Crippen LogP contribution in [0.3, 0.4) is 0 Å². The van der Waals surface area contributed by atoms with Gasteiger partial charge >= 0.3 is 0 Å². The molecule has 10 heteroatoms. The van der Waals surface area contributed by atoms with Crippen LogP contribution in [-0.2, 0) is 16.1 Å². The average Bonchev–Trinajstić information content (AvgIpc) is 3.57. The molecule has 182 valence electrons. The lowest BCUT2D eigenvalue weighted by molar-refractivity contribution is -0.126. The van der Waals surface area contributed by atoms with Gasteiger partial charge in [0.1, 0.15) is 11.0 Å². The van der Waals surface area contributed by atoms with E-state index in [0.717, 1.165) is 24.0 Å². The second kappa shape index (κ2) is 9.99. The summed E-state index contributed by atoms with van der Waals surface area (Å²) in [6.07, 6.45) is 3.17. The van der Waals surface area contributed by atoms with Gasteiger partial charge in [-0.1, -0.05) is 6.07 Å². The third-order valence-electron chi connectivity index (χ3n) is 6.29. The molecule has 2 unspecified atom stereocenters. The fraction of sp³-hybridized carbons (Fsp3) is 0.360. The van der Waals surface area contributed by atoms with Gasteiger partial charge in [0.15, 0.2) is 11.5 Å². The highest BCUT2D eigenvalue weighted by molar-refractivity contribution is 8.05. The molecule has 3 aliphatic rings. The van der Waals surface area contributed by atoms with E-state index in [2.05, 4.69) is 10.3 Å². The number of hydrogen-bond donors (Lipinski definition) is 1. The zero-order valence-electron chi connectivity index (χ0n) is 19.5. The van der Waals surface area contributed by atoms with E-state index in [0.29, 0.717) is 48.6 Å². The second-order valence-corrected chi connectivity index (χ2v) is 9.43. The summed E-state index contributed by atoms with van der Waals surface area (Å²) in [5.74, 6) is 1.83. The van der Waals surface area contributed by atoms with Crippen molar-refractivity contribution < 1.29 is 23.5 Å². The molecular formula is C25H26N4O5S. The molecule has 1 aromatic carbocycles. The molecule has 1 fully saturated rings. The minimum Gasteiger partial charge on any atom is -0.493 e. The number of methoxy groups -OCH3 is 2. The normalized spacial score (nSPS) is 21.6. The van der Waals surface area contributed by atoms with Crippen molar-refractivity contribution in [1.29, 1.82) is 0 Å². The van der Waals surface area contributed by atoms with Crippen molar-refractivity contribution >= 4 is 40.8 Å². The first-order chi connectivity index (χ1) is 17.1. The summed E-state index contributed by atoms with van der Waals surface area (Å²) in [7, 11) is 3.18. The molecule has 0 saturated carbocycles. The number of benzene rings is 1. The number of likely N-dealkylation sites (tertiary alicyclic amines) is 1. The second-order valence-electron chi connectivity index (χ2n) is 8.45. The molecule has 1 N–H and O–H groups in total. The van der Waals surface area contributed by atoms with Crippen LogP contribution in [0.2, 0.25) is 0 Å². The van der Waals surface area contributed by atoms with Gasteiger partial charge in [0.05, 0.1) is 38.7 Å². The Bertz CT molecular complexity index is 1220. The number of ether oxygens (including phenoxy) is 2. The summed E-state index contributed by atoms with van der Waals surface area (Å²) in [6.45, 7) is 1.50. The SMILES string of the molecule is COc1ccc(C2=CSC3C(=O)N=C(N4CCCC(C(=O)NCc5ccco5)C4)N=C23)cc1OC. The van der Waals surface area contributed by atoms with Crippen molar-refractivity contribution in [3.63, 3.8) is 0 Å². The summed E-state index contributed by atoms with van der Waals surface area (Å²) in [4.78, 5) is 36.7. The molecule has 0 radical (unpaired) electrons. The van der Waals surface area contributed by atoms with E-state index >= 15 is 0 Å². The van der Waals surface area contributed by atoms with Crippen LogP contribution in [0.1, 0.15) is 24.2 Å². The third kappa shape index (κ3) is 4.70. The van der Waals surface area contributed by atoms with Crippen LogP contribution in [0.15, 0.2) is 56.4 Å². The Balaban J connectivity index is 1.33. The van der Waals surface area contributed by atoms with Crippen molar-refractivity contribution in [2.24, 2.45) is 15.9 Å². The van der Waals surface area contributed by atoms with Gasteiger partial charge < -0.3 is 24.1 Å². The van der Waals surface area contributed by atoms with Crippen molar-refractivity contribution in [1.82, 2.24) is 10.2 Å². The van der Waals surface area contributed by atoms with Crippen LogP contribution in [0, 0.1) is 5.92 Å². The van der Waals surface area contributed by atoms with Crippen LogP contribution >= 0.6 is 11.8 Å². The van der Waals surface area contributed by atoms with Crippen LogP contribution in [-0.4, -0.2) is 60.9 Å². The summed E-state index contributed by atoms with van der Waals surface area (Å²) in [5, 5.41) is 4.42. The number of carbonyl (C=O) groups excluding carboxylic acids is 2. The lowest BCUT2D eigenvalue weighted by Crippen LogP contribution is -2.46. The first-order valence-corrected chi connectivity index (χ1v) is 12.4. The molecule has 5 rings (SSSR count). The number of guanidine groups is 1. The monoisotopic (exact) mass is 494 g/mol. The highest BCUT2D eigenvalue weighted by Gasteiger charge is 2.38. The number of furan rings is 1. The number of carbonyl (C=O) groups is 2. The summed E-state index contributed by atoms with van der Waals surface area (Å²) >= 11 is 1.41. The zero-order chi connectivity index (χ0) is 24.4. The quantitative estimate of drug-likeness (QED) is 0.658. The Morgan fingerprint density at radius 1 is 1.23 bits per heavy atom. The van der Waals surface area contributed by atoms with Gasteiger partial charge in [-0.25, -0.2) is 4.99 Å². The highest BCUT2D eigenvalue weighted by Crippen LogP contribution is 2.39. The molecule has 0 spiro atoms. The minimum atomic E-state index is -0.459. The van der Waals surface area contributed by atoms with Crippen molar-refractivity contribution in [3.05, 3.63) is 53.3 Å². The molecule has 0 bridgehead atoms. The molecule has 2 atom stereocenters. The van der Waals surface area contributed by atoms with Crippen molar-refractivity contribution in [3.8, 4) is 11.5 Å². The molecule has 3 aliphatic heterocycles. The van der Waals surface area contributed by atoms with Gasteiger partial charge in [-0.3, -0.25) is 9.59 Å². The first kappa shape index (κ1) is 23.2. The Kier molecular flexibility index (Phi) is 6.63. The Labute approximate surface area is 207 Å². The van der Waals surface area contributed by atoms with Crippen LogP contribution in [0.5, 0.6) is 11.5 Å². The molecule has 9 nitrogen and oxygen atoms in total. The van der Waals surface area contributed by atoms with Gasteiger partial charge in [-0.15, -0.1) is 11.8 Å². The maximum atomic E-state index is 12.9. The van der Waals surface area contributed by atoms with E-state index in [1.54, 1.807) is 26.5 Å². The zero-order valence-corrected chi connectivity index (χ0v) is 20.3. The number of piperidine rings is 1. The standard InChI is InChI=1S/C25H26N4O5S/c1-32-19-8-7-15(11-20(19)33-2)18-14-35-22-21(18)27-25(28-24(22)31)29-9-3-5-16(13-29)23(30)26-12-17-6-4-10-34-17/h4,6-8,10-11,14,16,22H,3,5,9,12-13H2,1-2H3,(H,26,30). The smallest absolute Gasteiger partial charge is 0.268 e. The largest absolute Gasteiger partial charge is 0.493 e. The number of hydrogen-bond acceptors (Lipinski definition) is 8. The summed E-state index contributed by atoms with van der Waals surface area (Å²) in [6, 6.07) is 9.26. The van der Waals surface area contributed by atoms with Gasteiger partial charge in [0.25, 0.3) is 5.91 Å². The molecule has 2 aromatic rings. The van der Waals surface area contributed by atoms with Gasteiger partial charge in [0, 0.05) is 18.7 Å². The predicted molar refractivity (Wildman–Crippen MR) is 134 cm³/mol. The fourth-order valence-electron chi connectivity index (χ4n) is 4.45. The van der Waals surface area contributed by atoms with Gasteiger partial charge in [0.2, 0.25) is 11.9 Å². The molecule has 1 saturated heterocycles. The number of amides is 2. The van der Waals surface area contributed by atoms with E-state index in [4.69, 9.17) is 18.9 Å². The summed E-state index contributed by atoms with van der Waals surface area (Å²) < 4.78 is 16.1. The average molecular weight is 495 g/mol. The van der Waals surface area contributed by atoms with E-state index in [1.807, 2.05) is 34.6 Å². The van der Waals surface area contributed by atoms with Crippen LogP contribution in [0.25, 0.3) is 5.57 Å². The number of rotatable bonds is 6.